The molecule has 0 atom stereocenters. The summed E-state index contributed by atoms with van der Waals surface area (Å²) in [4.78, 5) is 31.3. The van der Waals surface area contributed by atoms with E-state index in [1.165, 1.54) is 39.8 Å². The second-order valence-corrected chi connectivity index (χ2v) is 7.40. The molecule has 25 heavy (non-hydrogen) atoms. The van der Waals surface area contributed by atoms with Crippen molar-refractivity contribution >= 4 is 39.2 Å². The first-order chi connectivity index (χ1) is 12.0. The highest BCUT2D eigenvalue weighted by Crippen LogP contribution is 2.20. The van der Waals surface area contributed by atoms with E-state index < -0.39 is 0 Å². The third kappa shape index (κ3) is 3.91. The molecule has 8 heteroatoms. The van der Waals surface area contributed by atoms with Gasteiger partial charge in [-0.05, 0) is 29.1 Å². The lowest BCUT2D eigenvalue weighted by Crippen LogP contribution is -2.28. The Morgan fingerprint density at radius 1 is 1.32 bits per heavy atom. The maximum absolute atomic E-state index is 12.9. The van der Waals surface area contributed by atoms with Crippen LogP contribution in [-0.2, 0) is 18.4 Å². The predicted molar refractivity (Wildman–Crippen MR) is 98.5 cm³/mol. The van der Waals surface area contributed by atoms with Crippen LogP contribution in [0, 0.1) is 5.82 Å². The molecule has 5 nitrogen and oxygen atoms in total. The first-order valence-electron chi connectivity index (χ1n) is 7.51. The number of amides is 1. The molecule has 0 unspecified atom stereocenters. The van der Waals surface area contributed by atoms with E-state index in [9.17, 15) is 14.0 Å². The number of hydrogen-bond acceptors (Lipinski definition) is 5. The number of rotatable bonds is 5. The quantitative estimate of drug-likeness (QED) is 0.507. The van der Waals surface area contributed by atoms with Crippen LogP contribution in [-0.4, -0.2) is 33.2 Å². The summed E-state index contributed by atoms with van der Waals surface area (Å²) in [7, 11) is 3.35. The van der Waals surface area contributed by atoms with E-state index in [0.29, 0.717) is 21.9 Å². The molecule has 0 aliphatic carbocycles. The van der Waals surface area contributed by atoms with Gasteiger partial charge in [-0.25, -0.2) is 9.37 Å². The Hall–Kier alpha value is -2.19. The minimum Gasteiger partial charge on any atom is -0.341 e. The van der Waals surface area contributed by atoms with Crippen LogP contribution in [0.15, 0.2) is 45.7 Å². The molecule has 0 bridgehead atoms. The Morgan fingerprint density at radius 3 is 2.76 bits per heavy atom. The molecule has 0 fully saturated rings. The van der Waals surface area contributed by atoms with Gasteiger partial charge in [0, 0.05) is 20.6 Å². The van der Waals surface area contributed by atoms with Crippen molar-refractivity contribution in [2.45, 2.75) is 11.7 Å². The van der Waals surface area contributed by atoms with Crippen molar-refractivity contribution in [1.29, 1.82) is 0 Å². The van der Waals surface area contributed by atoms with Crippen molar-refractivity contribution in [3.63, 3.8) is 0 Å². The minimum absolute atomic E-state index is 0.0881. The third-order valence-corrected chi connectivity index (χ3v) is 5.57. The standard InChI is InChI=1S/C17H16FN3O2S2/c1-20(9-11-3-5-12(18)6-4-11)14(22)10-25-17-19-15-13(7-8-24-15)16(23)21(17)2/h3-8H,9-10H2,1-2H3. The lowest BCUT2D eigenvalue weighted by Gasteiger charge is -2.17. The van der Waals surface area contributed by atoms with Crippen molar-refractivity contribution in [3.05, 3.63) is 57.4 Å². The fraction of sp³-hybridized carbons (Fsp3) is 0.235. The van der Waals surface area contributed by atoms with E-state index in [1.807, 2.05) is 5.38 Å². The number of carbonyl (C=O) groups excluding carboxylic acids is 1. The van der Waals surface area contributed by atoms with Gasteiger partial charge in [0.25, 0.3) is 5.56 Å². The first-order valence-corrected chi connectivity index (χ1v) is 9.37. The van der Waals surface area contributed by atoms with Crippen LogP contribution in [0.2, 0.25) is 0 Å². The van der Waals surface area contributed by atoms with E-state index in [2.05, 4.69) is 4.98 Å². The SMILES string of the molecule is CN(Cc1ccc(F)cc1)C(=O)CSc1nc2sccc2c(=O)n1C. The van der Waals surface area contributed by atoms with Crippen LogP contribution < -0.4 is 5.56 Å². The van der Waals surface area contributed by atoms with Crippen LogP contribution in [0.5, 0.6) is 0 Å². The summed E-state index contributed by atoms with van der Waals surface area (Å²) in [6.45, 7) is 0.399. The largest absolute Gasteiger partial charge is 0.341 e. The Morgan fingerprint density at radius 2 is 2.04 bits per heavy atom. The van der Waals surface area contributed by atoms with Crippen LogP contribution in [0.4, 0.5) is 4.39 Å². The smallest absolute Gasteiger partial charge is 0.262 e. The second kappa shape index (κ2) is 7.37. The highest BCUT2D eigenvalue weighted by Gasteiger charge is 2.14. The topological polar surface area (TPSA) is 55.2 Å². The molecular weight excluding hydrogens is 361 g/mol. The van der Waals surface area contributed by atoms with Gasteiger partial charge < -0.3 is 4.90 Å². The molecule has 3 rings (SSSR count). The van der Waals surface area contributed by atoms with E-state index in [1.54, 1.807) is 37.2 Å². The number of halogens is 1. The number of thioether (sulfide) groups is 1. The molecule has 0 N–H and O–H groups in total. The summed E-state index contributed by atoms with van der Waals surface area (Å²) in [6, 6.07) is 7.81. The highest BCUT2D eigenvalue weighted by molar-refractivity contribution is 7.99. The van der Waals surface area contributed by atoms with E-state index in [-0.39, 0.29) is 23.0 Å². The number of benzene rings is 1. The molecular formula is C17H16FN3O2S2. The number of hydrogen-bond donors (Lipinski definition) is 0. The average molecular weight is 377 g/mol. The van der Waals surface area contributed by atoms with E-state index >= 15 is 0 Å². The summed E-state index contributed by atoms with van der Waals surface area (Å²) in [5.74, 6) is -0.214. The van der Waals surface area contributed by atoms with Gasteiger partial charge in [0.05, 0.1) is 11.1 Å². The normalized spacial score (nSPS) is 11.0. The molecule has 1 aromatic carbocycles. The lowest BCUT2D eigenvalue weighted by molar-refractivity contribution is -0.127. The van der Waals surface area contributed by atoms with Crippen LogP contribution in [0.25, 0.3) is 10.2 Å². The van der Waals surface area contributed by atoms with Crippen LogP contribution >= 0.6 is 23.1 Å². The highest BCUT2D eigenvalue weighted by atomic mass is 32.2. The zero-order valence-corrected chi connectivity index (χ0v) is 15.4. The number of nitrogens with zero attached hydrogens (tertiary/aromatic N) is 3. The van der Waals surface area contributed by atoms with Crippen molar-refractivity contribution in [1.82, 2.24) is 14.5 Å². The van der Waals surface area contributed by atoms with Crippen molar-refractivity contribution in [2.24, 2.45) is 7.05 Å². The maximum Gasteiger partial charge on any atom is 0.262 e. The predicted octanol–water partition coefficient (Wildman–Crippen LogP) is 2.88. The van der Waals surface area contributed by atoms with Crippen molar-refractivity contribution < 1.29 is 9.18 Å². The minimum atomic E-state index is -0.302. The lowest BCUT2D eigenvalue weighted by atomic mass is 10.2. The zero-order chi connectivity index (χ0) is 18.0. The molecule has 0 aliphatic rings. The van der Waals surface area contributed by atoms with Gasteiger partial charge in [0.2, 0.25) is 5.91 Å². The molecule has 0 spiro atoms. The second-order valence-electron chi connectivity index (χ2n) is 5.56. The van der Waals surface area contributed by atoms with Gasteiger partial charge in [-0.15, -0.1) is 11.3 Å². The summed E-state index contributed by atoms with van der Waals surface area (Å²) < 4.78 is 14.4. The molecule has 0 saturated heterocycles. The number of aromatic nitrogens is 2. The Bertz CT molecular complexity index is 966. The number of thiophene rings is 1. The Kier molecular flexibility index (Phi) is 5.19. The van der Waals surface area contributed by atoms with E-state index in [0.717, 1.165) is 5.56 Å². The monoisotopic (exact) mass is 377 g/mol. The molecule has 130 valence electrons. The molecule has 1 amide bonds. The van der Waals surface area contributed by atoms with Crippen LogP contribution in [0.3, 0.4) is 0 Å². The molecule has 0 saturated carbocycles. The van der Waals surface area contributed by atoms with Gasteiger partial charge in [-0.1, -0.05) is 23.9 Å². The zero-order valence-electron chi connectivity index (χ0n) is 13.7. The van der Waals surface area contributed by atoms with Crippen molar-refractivity contribution in [2.75, 3.05) is 12.8 Å². The molecule has 2 aromatic heterocycles. The van der Waals surface area contributed by atoms with Crippen LogP contribution in [0.1, 0.15) is 5.56 Å². The molecule has 0 radical (unpaired) electrons. The molecule has 2 heterocycles. The van der Waals surface area contributed by atoms with Gasteiger partial charge in [-0.3, -0.25) is 14.2 Å². The first kappa shape index (κ1) is 17.6. The van der Waals surface area contributed by atoms with Crippen molar-refractivity contribution in [3.8, 4) is 0 Å². The molecule has 3 aromatic rings. The number of fused-ring (bicyclic) bond motifs is 1. The van der Waals surface area contributed by atoms with Gasteiger partial charge >= 0.3 is 0 Å². The van der Waals surface area contributed by atoms with Gasteiger partial charge in [0.1, 0.15) is 10.6 Å². The summed E-state index contributed by atoms with van der Waals surface area (Å²) in [6.07, 6.45) is 0. The fourth-order valence-corrected chi connectivity index (χ4v) is 4.02. The van der Waals surface area contributed by atoms with Gasteiger partial charge in [-0.2, -0.15) is 0 Å². The van der Waals surface area contributed by atoms with E-state index in [4.69, 9.17) is 0 Å². The number of carbonyl (C=O) groups is 1. The Labute approximate surface area is 152 Å². The van der Waals surface area contributed by atoms with Gasteiger partial charge in [0.15, 0.2) is 5.16 Å². The maximum atomic E-state index is 12.9. The summed E-state index contributed by atoms with van der Waals surface area (Å²) in [5.41, 5.74) is 0.744. The summed E-state index contributed by atoms with van der Waals surface area (Å²) >= 11 is 2.64. The molecule has 0 aliphatic heterocycles. The third-order valence-electron chi connectivity index (χ3n) is 3.75. The summed E-state index contributed by atoms with van der Waals surface area (Å²) in [5, 5.41) is 2.94. The Balaban J connectivity index is 1.66. The fourth-order valence-electron chi connectivity index (χ4n) is 2.30. The average Bonchev–Trinajstić information content (AvgIpc) is 3.07.